The maximum absolute atomic E-state index is 12.1. The Bertz CT molecular complexity index is 522. The van der Waals surface area contributed by atoms with Crippen molar-refractivity contribution in [2.45, 2.75) is 32.7 Å². The first kappa shape index (κ1) is 12.6. The fourth-order valence-electron chi connectivity index (χ4n) is 1.62. The molecule has 1 aromatic rings. The van der Waals surface area contributed by atoms with Crippen LogP contribution in [-0.4, -0.2) is 32.1 Å². The number of hydrogen-bond acceptors (Lipinski definition) is 7. The van der Waals surface area contributed by atoms with Crippen molar-refractivity contribution < 1.29 is 10.3 Å². The Kier molecular flexibility index (Phi) is 2.69. The predicted octanol–water partition coefficient (Wildman–Crippen LogP) is -0.779. The molecule has 9 heteroatoms. The molecule has 99 valence electrons. The van der Waals surface area contributed by atoms with Crippen molar-refractivity contribution in [2.24, 2.45) is 0 Å². The second-order valence-electron chi connectivity index (χ2n) is 4.95. The Balaban J connectivity index is 2.52. The first-order chi connectivity index (χ1) is 8.21. The lowest BCUT2D eigenvalue weighted by Gasteiger charge is -2.35. The fourth-order valence-corrected chi connectivity index (χ4v) is 1.62. The number of hydrazine groups is 1. The van der Waals surface area contributed by atoms with E-state index in [2.05, 4.69) is 15.3 Å². The highest BCUT2D eigenvalue weighted by molar-refractivity contribution is 5.70. The number of nitrogens with one attached hydrogen (secondary N) is 2. The molecule has 1 atom stereocenters. The molecule has 1 unspecified atom stereocenters. The average Bonchev–Trinajstić information content (AvgIpc) is 2.51. The number of aromatic amines is 1. The van der Waals surface area contributed by atoms with Crippen molar-refractivity contribution >= 4 is 17.5 Å². The summed E-state index contributed by atoms with van der Waals surface area (Å²) in [5.74, 6) is -0.0117. The van der Waals surface area contributed by atoms with Gasteiger partial charge in [-0.1, -0.05) is 10.4 Å². The molecule has 0 bridgehead atoms. The second-order valence-corrected chi connectivity index (χ2v) is 4.95. The number of nitrogens with zero attached hydrogens (tertiary/aromatic N) is 3. The second kappa shape index (κ2) is 3.83. The average molecular weight is 255 g/mol. The van der Waals surface area contributed by atoms with Crippen molar-refractivity contribution in [3.05, 3.63) is 10.4 Å². The quantitative estimate of drug-likeness (QED) is 0.484. The van der Waals surface area contributed by atoms with E-state index in [0.717, 1.165) is 5.01 Å². The van der Waals surface area contributed by atoms with Crippen LogP contribution in [0.5, 0.6) is 0 Å². The summed E-state index contributed by atoms with van der Waals surface area (Å²) in [6.45, 7) is 4.97. The van der Waals surface area contributed by atoms with Crippen LogP contribution in [-0.2, 0) is 5.21 Å². The van der Waals surface area contributed by atoms with E-state index < -0.39 is 17.5 Å². The van der Waals surface area contributed by atoms with Gasteiger partial charge in [-0.2, -0.15) is 4.98 Å². The number of H-pyrrole nitrogens is 1. The third-order valence-corrected chi connectivity index (χ3v) is 2.41. The van der Waals surface area contributed by atoms with Gasteiger partial charge in [-0.25, -0.2) is 5.01 Å². The van der Waals surface area contributed by atoms with Gasteiger partial charge in [0.1, 0.15) is 0 Å². The number of aliphatic hydroxyl groups is 1. The third kappa shape index (κ3) is 1.88. The summed E-state index contributed by atoms with van der Waals surface area (Å²) in [5.41, 5.74) is 3.92. The van der Waals surface area contributed by atoms with Gasteiger partial charge in [0, 0.05) is 0 Å². The SMILES string of the molecule is CC(C)(C)N([O])N1c2c(nc(N)[nH]c2=O)NC1O. The molecule has 0 aromatic carbocycles. The number of hydrogen-bond donors (Lipinski definition) is 4. The molecular formula is C9H15N6O3. The van der Waals surface area contributed by atoms with Crippen LogP contribution in [0.15, 0.2) is 4.79 Å². The van der Waals surface area contributed by atoms with Gasteiger partial charge < -0.3 is 16.2 Å². The smallest absolute Gasteiger partial charge is 0.279 e. The summed E-state index contributed by atoms with van der Waals surface area (Å²) in [4.78, 5) is 17.9. The molecule has 0 amide bonds. The number of hydroxylamine groups is 1. The minimum absolute atomic E-state index is 0.0541. The number of nitrogen functional groups attached to an aromatic ring is 1. The Morgan fingerprint density at radius 3 is 2.67 bits per heavy atom. The molecule has 1 aliphatic heterocycles. The normalized spacial score (nSPS) is 19.0. The first-order valence-corrected chi connectivity index (χ1v) is 5.32. The zero-order valence-corrected chi connectivity index (χ0v) is 10.3. The largest absolute Gasteiger partial charge is 0.369 e. The van der Waals surface area contributed by atoms with E-state index in [-0.39, 0.29) is 17.5 Å². The maximum Gasteiger partial charge on any atom is 0.279 e. The molecule has 0 saturated carbocycles. The predicted molar refractivity (Wildman–Crippen MR) is 63.7 cm³/mol. The highest BCUT2D eigenvalue weighted by Crippen LogP contribution is 2.32. The van der Waals surface area contributed by atoms with Crippen LogP contribution in [0.3, 0.4) is 0 Å². The minimum atomic E-state index is -1.35. The van der Waals surface area contributed by atoms with Crippen LogP contribution in [0.1, 0.15) is 20.8 Å². The summed E-state index contributed by atoms with van der Waals surface area (Å²) >= 11 is 0. The number of rotatable bonds is 1. The molecular weight excluding hydrogens is 240 g/mol. The van der Waals surface area contributed by atoms with E-state index in [1.165, 1.54) is 0 Å². The zero-order chi connectivity index (χ0) is 13.7. The van der Waals surface area contributed by atoms with Gasteiger partial charge in [-0.15, -0.1) is 0 Å². The summed E-state index contributed by atoms with van der Waals surface area (Å²) < 4.78 is 0. The Hall–Kier alpha value is -1.84. The van der Waals surface area contributed by atoms with Gasteiger partial charge in [0.25, 0.3) is 5.56 Å². The highest BCUT2D eigenvalue weighted by atomic mass is 16.6. The maximum atomic E-state index is 12.1. The van der Waals surface area contributed by atoms with Crippen LogP contribution >= 0.6 is 0 Å². The van der Waals surface area contributed by atoms with Crippen LogP contribution in [0, 0.1) is 0 Å². The van der Waals surface area contributed by atoms with Crippen LogP contribution < -0.4 is 21.6 Å². The van der Waals surface area contributed by atoms with Gasteiger partial charge in [0.2, 0.25) is 12.3 Å². The Morgan fingerprint density at radius 2 is 2.11 bits per heavy atom. The molecule has 0 saturated heterocycles. The molecule has 18 heavy (non-hydrogen) atoms. The lowest BCUT2D eigenvalue weighted by molar-refractivity contribution is -0.233. The van der Waals surface area contributed by atoms with E-state index in [1.807, 2.05) is 0 Å². The lowest BCUT2D eigenvalue weighted by atomic mass is 10.1. The van der Waals surface area contributed by atoms with Gasteiger partial charge in [0.15, 0.2) is 11.5 Å². The minimum Gasteiger partial charge on any atom is -0.369 e. The van der Waals surface area contributed by atoms with Crippen molar-refractivity contribution in [1.82, 2.24) is 15.1 Å². The fraction of sp³-hybridized carbons (Fsp3) is 0.556. The van der Waals surface area contributed by atoms with Crippen molar-refractivity contribution in [1.29, 1.82) is 0 Å². The lowest BCUT2D eigenvalue weighted by Crippen LogP contribution is -2.55. The van der Waals surface area contributed by atoms with E-state index in [0.29, 0.717) is 5.17 Å². The number of fused-ring (bicyclic) bond motifs is 1. The molecule has 1 radical (unpaired) electrons. The van der Waals surface area contributed by atoms with Crippen LogP contribution in [0.4, 0.5) is 17.5 Å². The number of aliphatic hydroxyl groups excluding tert-OH is 1. The molecule has 0 spiro atoms. The van der Waals surface area contributed by atoms with Crippen molar-refractivity contribution in [2.75, 3.05) is 16.1 Å². The van der Waals surface area contributed by atoms with Crippen LogP contribution in [0.25, 0.3) is 0 Å². The Labute approximate surface area is 103 Å². The number of nitrogens with two attached hydrogens (primary N) is 1. The van der Waals surface area contributed by atoms with Gasteiger partial charge in [-0.05, 0) is 20.8 Å². The van der Waals surface area contributed by atoms with Gasteiger partial charge >= 0.3 is 0 Å². The van der Waals surface area contributed by atoms with Gasteiger partial charge in [-0.3, -0.25) is 9.78 Å². The molecule has 2 rings (SSSR count). The number of anilines is 3. The topological polar surface area (TPSA) is 130 Å². The summed E-state index contributed by atoms with van der Waals surface area (Å²) in [6, 6.07) is 0. The molecule has 2 heterocycles. The highest BCUT2D eigenvalue weighted by Gasteiger charge is 2.40. The summed E-state index contributed by atoms with van der Waals surface area (Å²) in [5, 5.41) is 25.8. The summed E-state index contributed by atoms with van der Waals surface area (Å²) in [7, 11) is 0. The van der Waals surface area contributed by atoms with Crippen molar-refractivity contribution in [3.8, 4) is 0 Å². The Morgan fingerprint density at radius 1 is 1.50 bits per heavy atom. The molecule has 1 aliphatic rings. The zero-order valence-electron chi connectivity index (χ0n) is 10.3. The van der Waals surface area contributed by atoms with Gasteiger partial charge in [0.05, 0.1) is 5.54 Å². The monoisotopic (exact) mass is 255 g/mol. The molecule has 0 fully saturated rings. The summed E-state index contributed by atoms with van der Waals surface area (Å²) in [6.07, 6.45) is -1.35. The molecule has 5 N–H and O–H groups in total. The van der Waals surface area contributed by atoms with E-state index in [9.17, 15) is 15.1 Å². The first-order valence-electron chi connectivity index (χ1n) is 5.32. The molecule has 0 aliphatic carbocycles. The van der Waals surface area contributed by atoms with Crippen molar-refractivity contribution in [3.63, 3.8) is 0 Å². The molecule has 1 aromatic heterocycles. The van der Waals surface area contributed by atoms with Crippen LogP contribution in [0.2, 0.25) is 0 Å². The van der Waals surface area contributed by atoms with E-state index in [1.54, 1.807) is 20.8 Å². The van der Waals surface area contributed by atoms with E-state index in [4.69, 9.17) is 5.73 Å². The third-order valence-electron chi connectivity index (χ3n) is 2.41. The number of aromatic nitrogens is 2. The molecule has 9 nitrogen and oxygen atoms in total. The van der Waals surface area contributed by atoms with E-state index >= 15 is 0 Å². The standard InChI is InChI=1S/C9H15N6O3/c1-9(2,3)15(18)14-4-5(12-8(14)17)11-7(10)13-6(4)16/h8,17H,1-3H3,(H4,10,11,12,13,16).